The summed E-state index contributed by atoms with van der Waals surface area (Å²) in [4.78, 5) is 10.6. The number of hydrogen-bond acceptors (Lipinski definition) is 4. The maximum absolute atomic E-state index is 10.6. The van der Waals surface area contributed by atoms with Gasteiger partial charge in [-0.2, -0.15) is 0 Å². The van der Waals surface area contributed by atoms with Crippen LogP contribution in [0.25, 0.3) is 0 Å². The van der Waals surface area contributed by atoms with Gasteiger partial charge in [-0.05, 0) is 25.1 Å². The van der Waals surface area contributed by atoms with E-state index < -0.39 is 0 Å². The summed E-state index contributed by atoms with van der Waals surface area (Å²) in [5.41, 5.74) is 0. The molecule has 0 amide bonds. The molecule has 0 aromatic carbocycles. The van der Waals surface area contributed by atoms with E-state index in [4.69, 9.17) is 17.0 Å². The molecule has 0 radical (unpaired) electrons. The largest absolute Gasteiger partial charge is 0.383 e. The average Bonchev–Trinajstić information content (AvgIpc) is 2.31. The van der Waals surface area contributed by atoms with Crippen molar-refractivity contribution in [3.63, 3.8) is 0 Å². The molecule has 1 rings (SSSR count). The van der Waals surface area contributed by atoms with Crippen LogP contribution in [0.5, 0.6) is 0 Å². The van der Waals surface area contributed by atoms with Crippen LogP contribution in [-0.2, 0) is 4.74 Å². The number of ether oxygens (including phenoxy) is 1. The highest BCUT2D eigenvalue weighted by atomic mass is 32.1. The molecule has 1 aliphatic rings. The number of hydrogen-bond donors (Lipinski definition) is 1. The molecule has 0 atom stereocenters. The summed E-state index contributed by atoms with van der Waals surface area (Å²) in [5, 5.41) is 7.74. The number of nitrogens with zero attached hydrogens (tertiary/aromatic N) is 2. The first-order valence-electron chi connectivity index (χ1n) is 5.68. The predicted octanol–water partition coefficient (Wildman–Crippen LogP) is 1.82. The van der Waals surface area contributed by atoms with Crippen molar-refractivity contribution in [1.29, 1.82) is 0 Å². The second-order valence-electron chi connectivity index (χ2n) is 3.98. The molecule has 92 valence electrons. The normalized spacial score (nSPS) is 16.8. The molecule has 1 saturated carbocycles. The summed E-state index contributed by atoms with van der Waals surface area (Å²) in [6.45, 7) is 0.844. The lowest BCUT2D eigenvalue weighted by molar-refractivity contribution is 0.176. The van der Waals surface area contributed by atoms with Gasteiger partial charge in [0.05, 0.1) is 18.4 Å². The van der Waals surface area contributed by atoms with E-state index in [2.05, 4.69) is 10.6 Å². The molecule has 0 spiro atoms. The van der Waals surface area contributed by atoms with Crippen molar-refractivity contribution in [2.24, 2.45) is 5.29 Å². The summed E-state index contributed by atoms with van der Waals surface area (Å²) in [7, 11) is 1.58. The summed E-state index contributed by atoms with van der Waals surface area (Å²) in [6, 6.07) is 0.396. The van der Waals surface area contributed by atoms with Gasteiger partial charge in [0, 0.05) is 13.2 Å². The minimum absolute atomic E-state index is 0.396. The third-order valence-corrected chi connectivity index (χ3v) is 3.10. The van der Waals surface area contributed by atoms with Gasteiger partial charge >= 0.3 is 0 Å². The summed E-state index contributed by atoms with van der Waals surface area (Å²) in [6.07, 6.45) is 6.00. The van der Waals surface area contributed by atoms with Crippen LogP contribution in [0.15, 0.2) is 5.29 Å². The smallest absolute Gasteiger partial charge is 0.192 e. The van der Waals surface area contributed by atoms with Crippen LogP contribution in [0, 0.1) is 4.91 Å². The maximum Gasteiger partial charge on any atom is 0.192 e. The summed E-state index contributed by atoms with van der Waals surface area (Å²) < 4.78 is 4.89. The van der Waals surface area contributed by atoms with Gasteiger partial charge in [0.1, 0.15) is 0 Å². The second-order valence-corrected chi connectivity index (χ2v) is 4.37. The average molecular weight is 245 g/mol. The van der Waals surface area contributed by atoms with Gasteiger partial charge in [0.2, 0.25) is 0 Å². The molecule has 0 aromatic rings. The lowest BCUT2D eigenvalue weighted by Crippen LogP contribution is -2.43. The Morgan fingerprint density at radius 3 is 2.75 bits per heavy atom. The monoisotopic (exact) mass is 245 g/mol. The van der Waals surface area contributed by atoms with Gasteiger partial charge in [-0.3, -0.25) is 0 Å². The van der Waals surface area contributed by atoms with Gasteiger partial charge < -0.3 is 10.1 Å². The van der Waals surface area contributed by atoms with E-state index in [-0.39, 0.29) is 0 Å². The van der Waals surface area contributed by atoms with Crippen molar-refractivity contribution in [2.45, 2.75) is 38.1 Å². The quantitative estimate of drug-likeness (QED) is 0.455. The molecule has 6 heteroatoms. The standard InChI is InChI=1S/C10H19N3O2S/c1-15-8-7-13(12-14)10(16)11-9-5-3-2-4-6-9/h9H,2-8H2,1H3,(H,11,16). The molecule has 0 saturated heterocycles. The van der Waals surface area contributed by atoms with Crippen molar-refractivity contribution in [2.75, 3.05) is 20.3 Å². The summed E-state index contributed by atoms with van der Waals surface area (Å²) in [5.74, 6) is 0. The molecule has 0 aromatic heterocycles. The van der Waals surface area contributed by atoms with Crippen molar-refractivity contribution < 1.29 is 4.74 Å². The Balaban J connectivity index is 2.32. The fourth-order valence-electron chi connectivity index (χ4n) is 1.85. The highest BCUT2D eigenvalue weighted by Gasteiger charge is 2.17. The van der Waals surface area contributed by atoms with Gasteiger partial charge in [0.15, 0.2) is 5.11 Å². The van der Waals surface area contributed by atoms with Gasteiger partial charge in [0.25, 0.3) is 0 Å². The number of methoxy groups -OCH3 is 1. The van der Waals surface area contributed by atoms with Crippen LogP contribution in [0.2, 0.25) is 0 Å². The van der Waals surface area contributed by atoms with Gasteiger partial charge in [-0.1, -0.05) is 19.3 Å². The Labute approximate surface area is 101 Å². The van der Waals surface area contributed by atoms with Crippen molar-refractivity contribution in [1.82, 2.24) is 10.3 Å². The zero-order valence-corrected chi connectivity index (χ0v) is 10.5. The first-order chi connectivity index (χ1) is 7.77. The van der Waals surface area contributed by atoms with Crippen molar-refractivity contribution in [3.8, 4) is 0 Å². The van der Waals surface area contributed by atoms with E-state index >= 15 is 0 Å². The highest BCUT2D eigenvalue weighted by Crippen LogP contribution is 2.17. The molecule has 0 unspecified atom stereocenters. The molecule has 1 aliphatic carbocycles. The Morgan fingerprint density at radius 1 is 1.50 bits per heavy atom. The van der Waals surface area contributed by atoms with E-state index in [9.17, 15) is 4.91 Å². The first kappa shape index (κ1) is 13.3. The van der Waals surface area contributed by atoms with E-state index in [1.807, 2.05) is 0 Å². The number of rotatable bonds is 5. The Bertz CT molecular complexity index is 232. The fourth-order valence-corrected chi connectivity index (χ4v) is 2.14. The Kier molecular flexibility index (Phi) is 6.25. The second kappa shape index (κ2) is 7.51. The van der Waals surface area contributed by atoms with Crippen molar-refractivity contribution in [3.05, 3.63) is 4.91 Å². The van der Waals surface area contributed by atoms with Crippen LogP contribution in [0.4, 0.5) is 0 Å². The molecular weight excluding hydrogens is 226 g/mol. The molecular formula is C10H19N3O2S. The third-order valence-electron chi connectivity index (χ3n) is 2.77. The molecule has 1 fully saturated rings. The molecule has 1 N–H and O–H groups in total. The fraction of sp³-hybridized carbons (Fsp3) is 0.900. The number of thiocarbonyl (C=S) groups is 1. The van der Waals surface area contributed by atoms with E-state index in [0.717, 1.165) is 12.8 Å². The molecule has 16 heavy (non-hydrogen) atoms. The van der Waals surface area contributed by atoms with Crippen LogP contribution in [0.3, 0.4) is 0 Å². The van der Waals surface area contributed by atoms with Crippen LogP contribution < -0.4 is 5.32 Å². The minimum atomic E-state index is 0.396. The lowest BCUT2D eigenvalue weighted by Gasteiger charge is -2.26. The van der Waals surface area contributed by atoms with Crippen molar-refractivity contribution >= 4 is 17.3 Å². The van der Waals surface area contributed by atoms with Crippen LogP contribution in [0.1, 0.15) is 32.1 Å². The zero-order chi connectivity index (χ0) is 11.8. The van der Waals surface area contributed by atoms with E-state index in [0.29, 0.717) is 24.3 Å². The van der Waals surface area contributed by atoms with E-state index in [1.54, 1.807) is 7.11 Å². The Morgan fingerprint density at radius 2 is 2.19 bits per heavy atom. The number of nitrogens with one attached hydrogen (secondary N) is 1. The number of nitroso groups, excluding NO2 is 1. The van der Waals surface area contributed by atoms with Crippen LogP contribution in [-0.4, -0.2) is 36.4 Å². The molecule has 0 aliphatic heterocycles. The third kappa shape index (κ3) is 4.40. The topological polar surface area (TPSA) is 53.9 Å². The molecule has 0 bridgehead atoms. The highest BCUT2D eigenvalue weighted by molar-refractivity contribution is 7.80. The SMILES string of the molecule is COCCN(N=O)C(=S)NC1CCCCC1. The zero-order valence-electron chi connectivity index (χ0n) is 9.65. The minimum Gasteiger partial charge on any atom is -0.383 e. The van der Waals surface area contributed by atoms with Crippen LogP contribution >= 0.6 is 12.2 Å². The lowest BCUT2D eigenvalue weighted by atomic mass is 9.96. The predicted molar refractivity (Wildman–Crippen MR) is 67.0 cm³/mol. The van der Waals surface area contributed by atoms with Gasteiger partial charge in [-0.25, -0.2) is 5.01 Å². The Hall–Kier alpha value is -0.750. The molecule has 5 nitrogen and oxygen atoms in total. The summed E-state index contributed by atoms with van der Waals surface area (Å²) >= 11 is 5.13. The van der Waals surface area contributed by atoms with E-state index in [1.165, 1.54) is 24.3 Å². The van der Waals surface area contributed by atoms with Gasteiger partial charge in [-0.15, -0.1) is 4.91 Å². The first-order valence-corrected chi connectivity index (χ1v) is 6.09. The maximum atomic E-state index is 10.6. The molecule has 0 heterocycles.